The Morgan fingerprint density at radius 3 is 2.68 bits per heavy atom. The summed E-state index contributed by atoms with van der Waals surface area (Å²) in [5.74, 6) is -0.252. The lowest BCUT2D eigenvalue weighted by Gasteiger charge is -2.10. The van der Waals surface area contributed by atoms with Crippen LogP contribution in [0.15, 0.2) is 59.2 Å². The lowest BCUT2D eigenvalue weighted by molar-refractivity contribution is -0.134. The molecular weight excluding hydrogens is 386 g/mol. The Morgan fingerprint density at radius 1 is 1.08 bits per heavy atom. The number of halogens is 1. The Morgan fingerprint density at radius 2 is 1.96 bits per heavy atom. The minimum absolute atomic E-state index is 0.211. The molecule has 0 saturated heterocycles. The summed E-state index contributed by atoms with van der Waals surface area (Å²) in [6.45, 7) is -0.276. The summed E-state index contributed by atoms with van der Waals surface area (Å²) in [6, 6.07) is 14.9. The summed E-state index contributed by atoms with van der Waals surface area (Å²) in [5, 5.41) is 14.7. The first kappa shape index (κ1) is 16.8. The van der Waals surface area contributed by atoms with Gasteiger partial charge in [0.15, 0.2) is 0 Å². The Hall–Kier alpha value is -3.00. The predicted molar refractivity (Wildman–Crippen MR) is 98.8 cm³/mol. The maximum absolute atomic E-state index is 10.8. The van der Waals surface area contributed by atoms with Gasteiger partial charge < -0.3 is 15.7 Å². The van der Waals surface area contributed by atoms with E-state index >= 15 is 0 Å². The third-order valence-electron chi connectivity index (χ3n) is 3.15. The molecule has 0 amide bonds. The Bertz CT molecular complexity index is 889. The zero-order chi connectivity index (χ0) is 17.6. The fourth-order valence-electron chi connectivity index (χ4n) is 2.10. The first-order valence-electron chi connectivity index (χ1n) is 7.39. The number of carboxylic acid groups (broad SMARTS) is 1. The molecule has 0 aliphatic carbocycles. The Kier molecular flexibility index (Phi) is 5.20. The molecule has 0 saturated carbocycles. The van der Waals surface area contributed by atoms with Crippen LogP contribution >= 0.6 is 15.9 Å². The van der Waals surface area contributed by atoms with Crippen molar-refractivity contribution in [2.45, 2.75) is 0 Å². The van der Waals surface area contributed by atoms with Crippen LogP contribution in [0.5, 0.6) is 0 Å². The highest BCUT2D eigenvalue weighted by atomic mass is 79.9. The second kappa shape index (κ2) is 7.71. The summed E-state index contributed by atoms with van der Waals surface area (Å²) in [5.41, 5.74) is 2.09. The van der Waals surface area contributed by atoms with Crippen LogP contribution in [0.3, 0.4) is 0 Å². The van der Waals surface area contributed by atoms with Crippen molar-refractivity contribution < 1.29 is 9.90 Å². The molecule has 1 aromatic carbocycles. The molecule has 8 heteroatoms. The van der Waals surface area contributed by atoms with Crippen LogP contribution in [-0.2, 0) is 4.79 Å². The van der Waals surface area contributed by atoms with Crippen molar-refractivity contribution in [1.82, 2.24) is 15.0 Å². The first-order chi connectivity index (χ1) is 12.1. The van der Waals surface area contributed by atoms with Gasteiger partial charge in [-0.05, 0) is 30.3 Å². The molecule has 0 aliphatic rings. The van der Waals surface area contributed by atoms with E-state index in [0.29, 0.717) is 17.2 Å². The lowest BCUT2D eigenvalue weighted by Crippen LogP contribution is -2.15. The van der Waals surface area contributed by atoms with Gasteiger partial charge in [-0.15, -0.1) is 0 Å². The first-order valence-corrected chi connectivity index (χ1v) is 8.18. The molecule has 3 N–H and O–H groups in total. The van der Waals surface area contributed by atoms with Crippen molar-refractivity contribution in [1.29, 1.82) is 0 Å². The zero-order valence-electron chi connectivity index (χ0n) is 13.0. The van der Waals surface area contributed by atoms with Crippen molar-refractivity contribution in [3.05, 3.63) is 59.2 Å². The molecule has 0 bridgehead atoms. The number of aliphatic carboxylic acids is 1. The molecule has 25 heavy (non-hydrogen) atoms. The number of nitrogens with one attached hydrogen (secondary N) is 2. The van der Waals surface area contributed by atoms with Crippen LogP contribution in [0.4, 0.5) is 17.5 Å². The molecule has 3 aromatic rings. The fraction of sp³-hybridized carbons (Fsp3) is 0.0588. The number of carbonyl (C=O) groups is 1. The summed E-state index contributed by atoms with van der Waals surface area (Å²) >= 11 is 3.42. The van der Waals surface area contributed by atoms with Crippen LogP contribution in [0.25, 0.3) is 11.4 Å². The largest absolute Gasteiger partial charge is 0.480 e. The number of anilines is 3. The van der Waals surface area contributed by atoms with Gasteiger partial charge in [-0.2, -0.15) is 4.98 Å². The van der Waals surface area contributed by atoms with E-state index in [0.717, 1.165) is 10.2 Å². The highest BCUT2D eigenvalue weighted by Gasteiger charge is 2.09. The van der Waals surface area contributed by atoms with Gasteiger partial charge in [0.1, 0.15) is 12.4 Å². The van der Waals surface area contributed by atoms with Crippen LogP contribution in [0, 0.1) is 0 Å². The molecule has 0 spiro atoms. The SMILES string of the molecule is O=C(O)CNc1nc(Nc2cccc(Br)c2)cc(-c2ccccn2)n1. The monoisotopic (exact) mass is 399 g/mol. The van der Waals surface area contributed by atoms with E-state index in [1.165, 1.54) is 0 Å². The maximum atomic E-state index is 10.8. The van der Waals surface area contributed by atoms with Gasteiger partial charge in [0, 0.05) is 22.4 Å². The number of benzene rings is 1. The molecule has 126 valence electrons. The number of hydrogen-bond acceptors (Lipinski definition) is 6. The zero-order valence-corrected chi connectivity index (χ0v) is 14.6. The molecule has 2 heterocycles. The highest BCUT2D eigenvalue weighted by Crippen LogP contribution is 2.23. The number of carboxylic acids is 1. The topological polar surface area (TPSA) is 100 Å². The molecule has 0 fully saturated rings. The summed E-state index contributed by atoms with van der Waals surface area (Å²) in [7, 11) is 0. The molecule has 0 unspecified atom stereocenters. The third-order valence-corrected chi connectivity index (χ3v) is 3.64. The van der Waals surface area contributed by atoms with Crippen LogP contribution in [-0.4, -0.2) is 32.6 Å². The Balaban J connectivity index is 1.95. The van der Waals surface area contributed by atoms with Gasteiger partial charge in [0.25, 0.3) is 0 Å². The van der Waals surface area contributed by atoms with Gasteiger partial charge in [-0.3, -0.25) is 9.78 Å². The molecule has 2 aromatic heterocycles. The van der Waals surface area contributed by atoms with Crippen molar-refractivity contribution >= 4 is 39.4 Å². The van der Waals surface area contributed by atoms with Gasteiger partial charge >= 0.3 is 5.97 Å². The maximum Gasteiger partial charge on any atom is 0.322 e. The molecular formula is C17H14BrN5O2. The fourth-order valence-corrected chi connectivity index (χ4v) is 2.50. The molecule has 7 nitrogen and oxygen atoms in total. The standard InChI is InChI=1S/C17H14BrN5O2/c18-11-4-3-5-12(8-11)21-15-9-14(13-6-1-2-7-19-13)22-17(23-15)20-10-16(24)25/h1-9H,10H2,(H,24,25)(H2,20,21,22,23). The summed E-state index contributed by atoms with van der Waals surface area (Å²) in [6.07, 6.45) is 1.67. The predicted octanol–water partition coefficient (Wildman–Crippen LogP) is 3.54. The molecule has 0 atom stereocenters. The van der Waals surface area contributed by atoms with Crippen molar-refractivity contribution in [2.24, 2.45) is 0 Å². The van der Waals surface area contributed by atoms with E-state index in [2.05, 4.69) is 41.5 Å². The number of hydrogen-bond donors (Lipinski definition) is 3. The highest BCUT2D eigenvalue weighted by molar-refractivity contribution is 9.10. The van der Waals surface area contributed by atoms with Crippen LogP contribution in [0.2, 0.25) is 0 Å². The Labute approximate surface area is 152 Å². The normalized spacial score (nSPS) is 10.3. The van der Waals surface area contributed by atoms with E-state index < -0.39 is 5.97 Å². The van der Waals surface area contributed by atoms with Gasteiger partial charge in [0.2, 0.25) is 5.95 Å². The number of aromatic nitrogens is 3. The van der Waals surface area contributed by atoms with E-state index in [1.807, 2.05) is 42.5 Å². The van der Waals surface area contributed by atoms with E-state index in [-0.39, 0.29) is 12.5 Å². The lowest BCUT2D eigenvalue weighted by atomic mass is 10.2. The second-order valence-electron chi connectivity index (χ2n) is 5.06. The van der Waals surface area contributed by atoms with Crippen molar-refractivity contribution in [2.75, 3.05) is 17.2 Å². The molecule has 0 radical (unpaired) electrons. The molecule has 0 aliphatic heterocycles. The number of nitrogens with zero attached hydrogens (tertiary/aromatic N) is 3. The van der Waals surface area contributed by atoms with Crippen molar-refractivity contribution in [3.63, 3.8) is 0 Å². The van der Waals surface area contributed by atoms with Gasteiger partial charge in [-0.1, -0.05) is 28.1 Å². The average molecular weight is 400 g/mol. The van der Waals surface area contributed by atoms with E-state index in [4.69, 9.17) is 5.11 Å². The van der Waals surface area contributed by atoms with Crippen LogP contribution < -0.4 is 10.6 Å². The minimum atomic E-state index is -0.992. The average Bonchev–Trinajstić information content (AvgIpc) is 2.60. The quantitative estimate of drug-likeness (QED) is 0.582. The van der Waals surface area contributed by atoms with Crippen molar-refractivity contribution in [3.8, 4) is 11.4 Å². The minimum Gasteiger partial charge on any atom is -0.480 e. The molecule has 3 rings (SSSR count). The number of rotatable bonds is 6. The van der Waals surface area contributed by atoms with Gasteiger partial charge in [0.05, 0.1) is 11.4 Å². The van der Waals surface area contributed by atoms with Crippen LogP contribution in [0.1, 0.15) is 0 Å². The third kappa shape index (κ3) is 4.74. The number of pyridine rings is 1. The summed E-state index contributed by atoms with van der Waals surface area (Å²) in [4.78, 5) is 23.7. The summed E-state index contributed by atoms with van der Waals surface area (Å²) < 4.78 is 0.931. The van der Waals surface area contributed by atoms with E-state index in [1.54, 1.807) is 12.3 Å². The van der Waals surface area contributed by atoms with E-state index in [9.17, 15) is 4.79 Å². The second-order valence-corrected chi connectivity index (χ2v) is 5.98. The smallest absolute Gasteiger partial charge is 0.322 e. The van der Waals surface area contributed by atoms with Gasteiger partial charge in [-0.25, -0.2) is 4.98 Å².